The fourth-order valence-corrected chi connectivity index (χ4v) is 6.02. The summed E-state index contributed by atoms with van der Waals surface area (Å²) in [5.41, 5.74) is 2.93. The predicted molar refractivity (Wildman–Crippen MR) is 144 cm³/mol. The molecule has 4 rings (SSSR count). The Bertz CT molecular complexity index is 1090. The number of aryl methyl sites for hydroxylation is 1. The Balaban J connectivity index is 1.74. The molecule has 1 saturated heterocycles. The first kappa shape index (κ1) is 24.1. The third-order valence-corrected chi connectivity index (χ3v) is 7.82. The van der Waals surface area contributed by atoms with Crippen LogP contribution in [-0.2, 0) is 11.2 Å². The van der Waals surface area contributed by atoms with Gasteiger partial charge in [-0.05, 0) is 95.9 Å². The number of amidine groups is 1. The highest BCUT2D eigenvalue weighted by molar-refractivity contribution is 14.1. The molecule has 0 atom stereocenters. The smallest absolute Gasteiger partial charge is 0.267 e. The van der Waals surface area contributed by atoms with Crippen LogP contribution in [0.2, 0.25) is 0 Å². The molecule has 1 N–H and O–H groups in total. The topological polar surface area (TPSA) is 62.1 Å². The summed E-state index contributed by atoms with van der Waals surface area (Å²) < 4.78 is 6.27. The second-order valence-electron chi connectivity index (χ2n) is 8.24. The largest absolute Gasteiger partial charge is 0.504 e. The molecule has 2 aromatic rings. The maximum atomic E-state index is 13.6. The fraction of sp³-hybridized carbons (Fsp3) is 0.385. The van der Waals surface area contributed by atoms with Crippen molar-refractivity contribution in [2.24, 2.45) is 4.99 Å². The number of hydrogen-bond acceptors (Lipinski definition) is 5. The number of aliphatic imine (C=N–C) groups is 1. The zero-order valence-corrected chi connectivity index (χ0v) is 22.0. The van der Waals surface area contributed by atoms with Gasteiger partial charge in [-0.15, -0.1) is 0 Å². The molecule has 0 bridgehead atoms. The number of hydrogen-bond donors (Lipinski definition) is 1. The molecule has 0 spiro atoms. The van der Waals surface area contributed by atoms with Crippen molar-refractivity contribution in [1.29, 1.82) is 0 Å². The van der Waals surface area contributed by atoms with Gasteiger partial charge in [0.1, 0.15) is 0 Å². The van der Waals surface area contributed by atoms with Crippen LogP contribution in [0, 0.1) is 3.57 Å². The van der Waals surface area contributed by atoms with Crippen LogP contribution in [0.1, 0.15) is 57.1 Å². The van der Waals surface area contributed by atoms with Gasteiger partial charge in [0.15, 0.2) is 16.7 Å². The minimum Gasteiger partial charge on any atom is -0.504 e. The summed E-state index contributed by atoms with van der Waals surface area (Å²) in [5.74, 6) is 0.578. The minimum atomic E-state index is 0.0145. The average molecular weight is 577 g/mol. The van der Waals surface area contributed by atoms with Crippen LogP contribution in [-0.4, -0.2) is 33.7 Å². The lowest BCUT2D eigenvalue weighted by Gasteiger charge is -2.30. The fourth-order valence-electron chi connectivity index (χ4n) is 4.34. The van der Waals surface area contributed by atoms with E-state index in [9.17, 15) is 9.90 Å². The molecule has 7 heteroatoms. The highest BCUT2D eigenvalue weighted by Gasteiger charge is 2.38. The predicted octanol–water partition coefficient (Wildman–Crippen LogP) is 6.89. The summed E-state index contributed by atoms with van der Waals surface area (Å²) in [7, 11) is 0. The lowest BCUT2D eigenvalue weighted by Crippen LogP contribution is -2.40. The lowest BCUT2D eigenvalue weighted by molar-refractivity contribution is -0.124. The van der Waals surface area contributed by atoms with Crippen LogP contribution in [0.25, 0.3) is 6.08 Å². The molecule has 5 nitrogen and oxygen atoms in total. The number of aromatic hydroxyl groups is 1. The molecule has 1 aliphatic carbocycles. The van der Waals surface area contributed by atoms with Gasteiger partial charge in [-0.3, -0.25) is 9.69 Å². The van der Waals surface area contributed by atoms with Crippen LogP contribution in [0.4, 0.5) is 5.69 Å². The lowest BCUT2D eigenvalue weighted by atomic mass is 9.94. The molecule has 1 amide bonds. The Hall–Kier alpha value is -2.00. The van der Waals surface area contributed by atoms with Gasteiger partial charge in [0.05, 0.1) is 20.8 Å². The van der Waals surface area contributed by atoms with Gasteiger partial charge < -0.3 is 9.84 Å². The first-order chi connectivity index (χ1) is 16.0. The van der Waals surface area contributed by atoms with Crippen molar-refractivity contribution < 1.29 is 14.6 Å². The van der Waals surface area contributed by atoms with E-state index in [2.05, 4.69) is 35.6 Å². The van der Waals surface area contributed by atoms with Crippen molar-refractivity contribution in [3.05, 3.63) is 56.0 Å². The second-order valence-corrected chi connectivity index (χ2v) is 10.4. The number of halogens is 1. The second kappa shape index (κ2) is 11.0. The molecule has 33 heavy (non-hydrogen) atoms. The standard InChI is InChI=1S/C26H29IN2O3S/c1-3-18-10-8-9-13-21(18)28-26-29(19-11-6-5-7-12-19)25(31)23(33-26)16-17-14-20(27)24(30)22(15-17)32-4-2/h8-10,13-16,19,30H,3-7,11-12H2,1-2H3/b23-16+,28-26?. The number of amides is 1. The Kier molecular flexibility index (Phi) is 8.01. The Morgan fingerprint density at radius 1 is 1.21 bits per heavy atom. The van der Waals surface area contributed by atoms with E-state index in [1.54, 1.807) is 6.07 Å². The van der Waals surface area contributed by atoms with E-state index in [4.69, 9.17) is 9.73 Å². The zero-order chi connectivity index (χ0) is 23.4. The van der Waals surface area contributed by atoms with Gasteiger partial charge in [0.2, 0.25) is 0 Å². The summed E-state index contributed by atoms with van der Waals surface area (Å²) in [4.78, 5) is 21.2. The molecule has 174 valence electrons. The van der Waals surface area contributed by atoms with E-state index in [0.717, 1.165) is 48.5 Å². The van der Waals surface area contributed by atoms with Gasteiger partial charge in [-0.25, -0.2) is 4.99 Å². The van der Waals surface area contributed by atoms with Crippen LogP contribution < -0.4 is 4.74 Å². The Morgan fingerprint density at radius 3 is 2.70 bits per heavy atom. The van der Waals surface area contributed by atoms with Gasteiger partial charge >= 0.3 is 0 Å². The zero-order valence-electron chi connectivity index (χ0n) is 19.0. The summed E-state index contributed by atoms with van der Waals surface area (Å²) in [5, 5.41) is 11.0. The summed E-state index contributed by atoms with van der Waals surface area (Å²) in [6.07, 6.45) is 8.33. The van der Waals surface area contributed by atoms with Crippen molar-refractivity contribution in [2.45, 2.75) is 58.4 Å². The van der Waals surface area contributed by atoms with Gasteiger partial charge in [-0.2, -0.15) is 0 Å². The number of carbonyl (C=O) groups is 1. The van der Waals surface area contributed by atoms with Crippen LogP contribution in [0.3, 0.4) is 0 Å². The summed E-state index contributed by atoms with van der Waals surface area (Å²) >= 11 is 3.53. The third-order valence-electron chi connectivity index (χ3n) is 6.01. The van der Waals surface area contributed by atoms with E-state index < -0.39 is 0 Å². The minimum absolute atomic E-state index is 0.0145. The molecular weight excluding hydrogens is 547 g/mol. The summed E-state index contributed by atoms with van der Waals surface area (Å²) in [6, 6.07) is 12.0. The first-order valence-corrected chi connectivity index (χ1v) is 13.5. The quantitative estimate of drug-likeness (QED) is 0.301. The number of phenols is 1. The molecule has 2 fully saturated rings. The monoisotopic (exact) mass is 576 g/mol. The van der Waals surface area contributed by atoms with Gasteiger partial charge in [-0.1, -0.05) is 44.4 Å². The SMILES string of the molecule is CCOc1cc(/C=C2/SC(=Nc3ccccc3CC)N(C3CCCCC3)C2=O)cc(I)c1O. The van der Waals surface area contributed by atoms with Crippen molar-refractivity contribution in [3.63, 3.8) is 0 Å². The van der Waals surface area contributed by atoms with Gasteiger partial charge in [0, 0.05) is 6.04 Å². The molecule has 1 heterocycles. The molecule has 1 aliphatic heterocycles. The number of ether oxygens (including phenoxy) is 1. The normalized spacial score (nSPS) is 19.6. The van der Waals surface area contributed by atoms with E-state index in [1.807, 2.05) is 42.2 Å². The molecule has 0 radical (unpaired) electrons. The number of rotatable bonds is 6. The number of phenolic OH excluding ortho intramolecular Hbond substituents is 1. The Morgan fingerprint density at radius 2 is 1.97 bits per heavy atom. The number of thioether (sulfide) groups is 1. The highest BCUT2D eigenvalue weighted by Crippen LogP contribution is 2.40. The van der Waals surface area contributed by atoms with Crippen molar-refractivity contribution in [1.82, 2.24) is 4.90 Å². The number of benzene rings is 2. The third kappa shape index (κ3) is 5.40. The summed E-state index contributed by atoms with van der Waals surface area (Å²) in [6.45, 7) is 4.46. The van der Waals surface area contributed by atoms with E-state index >= 15 is 0 Å². The number of para-hydroxylation sites is 1. The maximum Gasteiger partial charge on any atom is 0.267 e. The van der Waals surface area contributed by atoms with Crippen LogP contribution >= 0.6 is 34.4 Å². The molecule has 0 aromatic heterocycles. The van der Waals surface area contributed by atoms with E-state index in [-0.39, 0.29) is 17.7 Å². The number of nitrogens with zero attached hydrogens (tertiary/aromatic N) is 2. The first-order valence-electron chi connectivity index (χ1n) is 11.6. The molecule has 2 aliphatic rings. The highest BCUT2D eigenvalue weighted by atomic mass is 127. The van der Waals surface area contributed by atoms with Crippen LogP contribution in [0.5, 0.6) is 11.5 Å². The van der Waals surface area contributed by atoms with Crippen LogP contribution in [0.15, 0.2) is 46.3 Å². The molecule has 1 saturated carbocycles. The van der Waals surface area contributed by atoms with E-state index in [0.29, 0.717) is 20.8 Å². The number of carbonyl (C=O) groups excluding carboxylic acids is 1. The average Bonchev–Trinajstić information content (AvgIpc) is 3.12. The maximum absolute atomic E-state index is 13.6. The van der Waals surface area contributed by atoms with Crippen molar-refractivity contribution in [2.75, 3.05) is 6.61 Å². The van der Waals surface area contributed by atoms with Crippen molar-refractivity contribution >= 4 is 57.2 Å². The van der Waals surface area contributed by atoms with Gasteiger partial charge in [0.25, 0.3) is 5.91 Å². The van der Waals surface area contributed by atoms with Crippen molar-refractivity contribution in [3.8, 4) is 11.5 Å². The molecule has 2 aromatic carbocycles. The van der Waals surface area contributed by atoms with E-state index in [1.165, 1.54) is 23.7 Å². The Labute approximate surface area is 213 Å². The molecule has 0 unspecified atom stereocenters. The molecular formula is C26H29IN2O3S.